The van der Waals surface area contributed by atoms with Crippen LogP contribution in [0.3, 0.4) is 0 Å². The molecule has 0 N–H and O–H groups in total. The third-order valence-electron chi connectivity index (χ3n) is 2.01. The molecule has 11 heavy (non-hydrogen) atoms. The van der Waals surface area contributed by atoms with Gasteiger partial charge in [-0.3, -0.25) is 10.1 Å². The second kappa shape index (κ2) is 2.46. The SMILES string of the molecule is O=C1CC2(CC[N]1)OCCO2. The van der Waals surface area contributed by atoms with Gasteiger partial charge in [-0.1, -0.05) is 0 Å². The number of piperidine rings is 1. The summed E-state index contributed by atoms with van der Waals surface area (Å²) in [6.07, 6.45) is 1.02. The molecule has 0 aliphatic carbocycles. The third kappa shape index (κ3) is 1.23. The summed E-state index contributed by atoms with van der Waals surface area (Å²) < 4.78 is 10.7. The van der Waals surface area contributed by atoms with Crippen molar-refractivity contribution in [3.8, 4) is 0 Å². The molecular formula is C7H10NO3. The molecule has 0 aromatic rings. The molecule has 0 saturated carbocycles. The number of carbonyl (C=O) groups is 1. The molecule has 0 aromatic carbocycles. The van der Waals surface area contributed by atoms with Gasteiger partial charge in [-0.15, -0.1) is 0 Å². The van der Waals surface area contributed by atoms with Gasteiger partial charge >= 0.3 is 0 Å². The van der Waals surface area contributed by atoms with Gasteiger partial charge < -0.3 is 9.47 Å². The first kappa shape index (κ1) is 7.06. The normalized spacial score (nSPS) is 28.9. The molecule has 4 heteroatoms. The van der Waals surface area contributed by atoms with Crippen LogP contribution in [0.5, 0.6) is 0 Å². The van der Waals surface area contributed by atoms with Crippen LogP contribution in [0.2, 0.25) is 0 Å². The lowest BCUT2D eigenvalue weighted by Crippen LogP contribution is -2.43. The minimum atomic E-state index is -0.598. The van der Waals surface area contributed by atoms with Crippen molar-refractivity contribution < 1.29 is 14.3 Å². The number of hydrogen-bond donors (Lipinski definition) is 0. The summed E-state index contributed by atoms with van der Waals surface area (Å²) in [6, 6.07) is 0. The topological polar surface area (TPSA) is 49.6 Å². The van der Waals surface area contributed by atoms with Crippen LogP contribution in [0, 0.1) is 0 Å². The summed E-state index contributed by atoms with van der Waals surface area (Å²) in [7, 11) is 0. The van der Waals surface area contributed by atoms with Crippen LogP contribution in [0.15, 0.2) is 0 Å². The Morgan fingerprint density at radius 3 is 2.73 bits per heavy atom. The Morgan fingerprint density at radius 1 is 1.36 bits per heavy atom. The number of ether oxygens (including phenoxy) is 2. The molecule has 61 valence electrons. The van der Waals surface area contributed by atoms with Gasteiger partial charge in [0.1, 0.15) is 0 Å². The van der Waals surface area contributed by atoms with Gasteiger partial charge in [-0.2, -0.15) is 0 Å². The molecule has 1 radical (unpaired) electrons. The Labute approximate surface area is 64.9 Å². The highest BCUT2D eigenvalue weighted by molar-refractivity contribution is 5.77. The quantitative estimate of drug-likeness (QED) is 0.482. The van der Waals surface area contributed by atoms with Gasteiger partial charge in [0.15, 0.2) is 5.79 Å². The highest BCUT2D eigenvalue weighted by Crippen LogP contribution is 2.29. The van der Waals surface area contributed by atoms with Gasteiger partial charge in [0.05, 0.1) is 19.6 Å². The number of hydrogen-bond acceptors (Lipinski definition) is 3. The molecule has 0 aromatic heterocycles. The van der Waals surface area contributed by atoms with Gasteiger partial charge in [-0.05, 0) is 0 Å². The van der Waals surface area contributed by atoms with Crippen molar-refractivity contribution >= 4 is 5.91 Å². The van der Waals surface area contributed by atoms with Crippen molar-refractivity contribution in [2.45, 2.75) is 18.6 Å². The van der Waals surface area contributed by atoms with Crippen molar-refractivity contribution in [3.05, 3.63) is 0 Å². The zero-order chi connectivity index (χ0) is 7.73. The summed E-state index contributed by atoms with van der Waals surface area (Å²) in [5.41, 5.74) is 0. The first-order chi connectivity index (χ1) is 5.31. The minimum absolute atomic E-state index is 0.0989. The van der Waals surface area contributed by atoms with E-state index in [1.54, 1.807) is 0 Å². The first-order valence-electron chi connectivity index (χ1n) is 3.79. The molecule has 2 saturated heterocycles. The van der Waals surface area contributed by atoms with Crippen molar-refractivity contribution in [2.24, 2.45) is 0 Å². The van der Waals surface area contributed by atoms with E-state index in [1.165, 1.54) is 0 Å². The standard InChI is InChI=1S/C7H10NO3/c9-6-5-7(1-2-8-6)10-3-4-11-7/h1-5H2. The van der Waals surface area contributed by atoms with Crippen molar-refractivity contribution in [1.82, 2.24) is 5.32 Å². The van der Waals surface area contributed by atoms with Gasteiger partial charge in [0.2, 0.25) is 5.91 Å². The van der Waals surface area contributed by atoms with E-state index >= 15 is 0 Å². The molecular weight excluding hydrogens is 146 g/mol. The average molecular weight is 156 g/mol. The van der Waals surface area contributed by atoms with Crippen LogP contribution in [0.1, 0.15) is 12.8 Å². The van der Waals surface area contributed by atoms with Crippen LogP contribution in [0.4, 0.5) is 0 Å². The summed E-state index contributed by atoms with van der Waals surface area (Å²) in [5.74, 6) is -0.697. The average Bonchev–Trinajstić information content (AvgIpc) is 2.37. The monoisotopic (exact) mass is 156 g/mol. The summed E-state index contributed by atoms with van der Waals surface area (Å²) in [6.45, 7) is 1.75. The number of carbonyl (C=O) groups excluding carboxylic acids is 1. The number of rotatable bonds is 0. The summed E-state index contributed by atoms with van der Waals surface area (Å²) in [5, 5.41) is 3.75. The predicted octanol–water partition coefficient (Wildman–Crippen LogP) is -0.346. The van der Waals surface area contributed by atoms with Gasteiger partial charge in [0.25, 0.3) is 0 Å². The molecule has 2 aliphatic rings. The van der Waals surface area contributed by atoms with E-state index in [-0.39, 0.29) is 5.91 Å². The highest BCUT2D eigenvalue weighted by atomic mass is 16.7. The molecule has 4 nitrogen and oxygen atoms in total. The Bertz CT molecular complexity index is 175. The van der Waals surface area contributed by atoms with Crippen molar-refractivity contribution in [3.63, 3.8) is 0 Å². The lowest BCUT2D eigenvalue weighted by molar-refractivity contribution is -0.181. The van der Waals surface area contributed by atoms with Crippen molar-refractivity contribution in [2.75, 3.05) is 19.8 Å². The van der Waals surface area contributed by atoms with Crippen LogP contribution in [0.25, 0.3) is 0 Å². The van der Waals surface area contributed by atoms with Crippen LogP contribution in [-0.2, 0) is 14.3 Å². The first-order valence-corrected chi connectivity index (χ1v) is 3.79. The minimum Gasteiger partial charge on any atom is -0.347 e. The Kier molecular flexibility index (Phi) is 1.58. The van der Waals surface area contributed by atoms with Crippen LogP contribution < -0.4 is 5.32 Å². The summed E-state index contributed by atoms with van der Waals surface area (Å²) >= 11 is 0. The lowest BCUT2D eigenvalue weighted by Gasteiger charge is -2.29. The molecule has 2 heterocycles. The molecule has 2 fully saturated rings. The van der Waals surface area contributed by atoms with E-state index < -0.39 is 5.79 Å². The molecule has 0 atom stereocenters. The van der Waals surface area contributed by atoms with E-state index in [0.717, 1.165) is 6.42 Å². The maximum atomic E-state index is 10.9. The second-order valence-corrected chi connectivity index (χ2v) is 2.81. The molecule has 0 bridgehead atoms. The maximum Gasteiger partial charge on any atom is 0.246 e. The molecule has 2 rings (SSSR count). The van der Waals surface area contributed by atoms with E-state index in [9.17, 15) is 4.79 Å². The molecule has 0 unspecified atom stereocenters. The van der Waals surface area contributed by atoms with Crippen LogP contribution in [-0.4, -0.2) is 31.5 Å². The fourth-order valence-electron chi connectivity index (χ4n) is 1.47. The van der Waals surface area contributed by atoms with Crippen LogP contribution >= 0.6 is 0 Å². The highest BCUT2D eigenvalue weighted by Gasteiger charge is 2.41. The predicted molar refractivity (Wildman–Crippen MR) is 35.9 cm³/mol. The Balaban J connectivity index is 2.05. The largest absolute Gasteiger partial charge is 0.347 e. The Morgan fingerprint density at radius 2 is 2.09 bits per heavy atom. The van der Waals surface area contributed by atoms with E-state index in [2.05, 4.69) is 5.32 Å². The smallest absolute Gasteiger partial charge is 0.246 e. The number of nitrogens with zero attached hydrogens (tertiary/aromatic N) is 1. The molecule has 2 aliphatic heterocycles. The van der Waals surface area contributed by atoms with E-state index in [0.29, 0.717) is 26.2 Å². The fraction of sp³-hybridized carbons (Fsp3) is 0.857. The lowest BCUT2D eigenvalue weighted by atomic mass is 10.1. The van der Waals surface area contributed by atoms with Crippen molar-refractivity contribution in [1.29, 1.82) is 0 Å². The zero-order valence-electron chi connectivity index (χ0n) is 6.21. The van der Waals surface area contributed by atoms with E-state index in [1.807, 2.05) is 0 Å². The fourth-order valence-corrected chi connectivity index (χ4v) is 1.47. The second-order valence-electron chi connectivity index (χ2n) is 2.81. The summed E-state index contributed by atoms with van der Waals surface area (Å²) in [4.78, 5) is 10.9. The molecule has 1 amide bonds. The Hall–Kier alpha value is -0.610. The molecule has 1 spiro atoms. The maximum absolute atomic E-state index is 10.9. The van der Waals surface area contributed by atoms with E-state index in [4.69, 9.17) is 9.47 Å². The third-order valence-corrected chi connectivity index (χ3v) is 2.01. The number of amides is 1. The zero-order valence-corrected chi connectivity index (χ0v) is 6.21. The van der Waals surface area contributed by atoms with Gasteiger partial charge in [-0.25, -0.2) is 0 Å². The van der Waals surface area contributed by atoms with Gasteiger partial charge in [0, 0.05) is 13.0 Å².